The monoisotopic (exact) mass is 1030 g/mol. The van der Waals surface area contributed by atoms with Gasteiger partial charge in [0.15, 0.2) is 11.4 Å². The summed E-state index contributed by atoms with van der Waals surface area (Å²) in [6.07, 6.45) is -11.3. The first kappa shape index (κ1) is 53.7. The van der Waals surface area contributed by atoms with E-state index < -0.39 is 138 Å². The van der Waals surface area contributed by atoms with Gasteiger partial charge < -0.3 is 55.0 Å². The Hall–Kier alpha value is -7.58. The summed E-state index contributed by atoms with van der Waals surface area (Å²) in [6.45, 7) is 5.25. The van der Waals surface area contributed by atoms with Gasteiger partial charge in [-0.1, -0.05) is 98.8 Å². The van der Waals surface area contributed by atoms with Gasteiger partial charge in [-0.05, 0) is 67.0 Å². The van der Waals surface area contributed by atoms with Crippen molar-refractivity contribution in [3.05, 3.63) is 155 Å². The van der Waals surface area contributed by atoms with Crippen molar-refractivity contribution in [3.8, 4) is 0 Å². The van der Waals surface area contributed by atoms with E-state index in [-0.39, 0.29) is 46.4 Å². The molecular weight excluding hydrogens is 971 g/mol. The summed E-state index contributed by atoms with van der Waals surface area (Å²) >= 11 is 0. The predicted octanol–water partition coefficient (Wildman–Crippen LogP) is 3.26. The maximum Gasteiger partial charge on any atom is 0.350 e. The maximum atomic E-state index is 15.3. The van der Waals surface area contributed by atoms with Crippen molar-refractivity contribution in [3.63, 3.8) is 0 Å². The molecule has 394 valence electrons. The SMILES string of the molecule is CC(=O)O[C@@]12CO[C@@H]1C[C@H](O)[C@@]1(C)C(=O)[C@H](O)C3=C(C)[C@@H](OC(=O)[C@H](OC(=O)CNC(=O)CNC(=O)c4ccccc4)[C@@H](NC(=O)c4ccccc4)c4ccccc4)C[C@@](O)([C@@H](OC(=O)c4ccccc4)C12)C3(C)C. The minimum Gasteiger partial charge on any atom is -0.455 e. The predicted molar refractivity (Wildman–Crippen MR) is 264 cm³/mol. The number of aliphatic hydroxyl groups is 3. The Labute approximate surface area is 431 Å². The Morgan fingerprint density at radius 2 is 1.31 bits per heavy atom. The highest BCUT2D eigenvalue weighted by Crippen LogP contribution is 2.64. The zero-order valence-corrected chi connectivity index (χ0v) is 41.9. The van der Waals surface area contributed by atoms with Gasteiger partial charge in [-0.25, -0.2) is 9.59 Å². The van der Waals surface area contributed by atoms with Crippen molar-refractivity contribution >= 4 is 47.4 Å². The van der Waals surface area contributed by atoms with Crippen LogP contribution in [-0.2, 0) is 47.7 Å². The van der Waals surface area contributed by atoms with Crippen LogP contribution in [0, 0.1) is 16.7 Å². The molecule has 0 spiro atoms. The number of Topliss-reactive ketones (excluding diaryl/α,β-unsaturated/α-hetero) is 1. The molecule has 19 nitrogen and oxygen atoms in total. The number of carbonyl (C=O) groups is 8. The second kappa shape index (κ2) is 21.3. The van der Waals surface area contributed by atoms with Gasteiger partial charge in [0.25, 0.3) is 11.8 Å². The summed E-state index contributed by atoms with van der Waals surface area (Å²) in [4.78, 5) is 111. The van der Waals surface area contributed by atoms with Crippen molar-refractivity contribution in [1.82, 2.24) is 16.0 Å². The number of rotatable bonds is 15. The summed E-state index contributed by atoms with van der Waals surface area (Å²) in [6, 6.07) is 30.3. The molecule has 1 heterocycles. The molecule has 8 rings (SSSR count). The highest BCUT2D eigenvalue weighted by atomic mass is 16.6. The first-order valence-corrected chi connectivity index (χ1v) is 24.5. The molecule has 4 aliphatic rings. The molecule has 4 aromatic rings. The number of hydrogen-bond acceptors (Lipinski definition) is 16. The molecule has 1 aliphatic heterocycles. The van der Waals surface area contributed by atoms with Crippen molar-refractivity contribution < 1.29 is 77.4 Å². The third-order valence-corrected chi connectivity index (χ3v) is 15.3. The Morgan fingerprint density at radius 3 is 1.87 bits per heavy atom. The van der Waals surface area contributed by atoms with Gasteiger partial charge in [-0.2, -0.15) is 0 Å². The molecule has 75 heavy (non-hydrogen) atoms. The molecule has 2 saturated carbocycles. The molecule has 6 N–H and O–H groups in total. The van der Waals surface area contributed by atoms with Gasteiger partial charge in [0.05, 0.1) is 36.2 Å². The van der Waals surface area contributed by atoms with Gasteiger partial charge in [0, 0.05) is 36.3 Å². The van der Waals surface area contributed by atoms with E-state index in [0.717, 1.165) is 6.92 Å². The molecule has 0 radical (unpaired) electrons. The molecule has 3 amide bonds. The van der Waals surface area contributed by atoms with E-state index in [0.29, 0.717) is 0 Å². The van der Waals surface area contributed by atoms with Crippen LogP contribution < -0.4 is 16.0 Å². The molecule has 1 saturated heterocycles. The fourth-order valence-electron chi connectivity index (χ4n) is 11.3. The number of carbonyl (C=O) groups excluding carboxylic acids is 8. The summed E-state index contributed by atoms with van der Waals surface area (Å²) < 4.78 is 30.5. The highest BCUT2D eigenvalue weighted by molar-refractivity contribution is 5.97. The number of ketones is 1. The zero-order chi connectivity index (χ0) is 54.0. The molecule has 1 unspecified atom stereocenters. The largest absolute Gasteiger partial charge is 0.455 e. The minimum absolute atomic E-state index is 0.0290. The first-order chi connectivity index (χ1) is 35.6. The van der Waals surface area contributed by atoms with Crippen LogP contribution in [0.25, 0.3) is 0 Å². The van der Waals surface area contributed by atoms with E-state index in [9.17, 15) is 44.1 Å². The molecule has 0 aromatic heterocycles. The van der Waals surface area contributed by atoms with Crippen molar-refractivity contribution in [2.24, 2.45) is 16.7 Å². The van der Waals surface area contributed by atoms with Gasteiger partial charge in [-0.3, -0.25) is 28.8 Å². The van der Waals surface area contributed by atoms with Crippen LogP contribution in [0.1, 0.15) is 90.1 Å². The number of aliphatic hydroxyl groups excluding tert-OH is 2. The van der Waals surface area contributed by atoms with Crippen molar-refractivity contribution in [2.75, 3.05) is 19.7 Å². The van der Waals surface area contributed by atoms with Crippen LogP contribution >= 0.6 is 0 Å². The number of nitrogens with one attached hydrogen (secondary N) is 3. The molecular formula is C56H59N3O16. The van der Waals surface area contributed by atoms with Gasteiger partial charge in [0.1, 0.15) is 42.6 Å². The van der Waals surface area contributed by atoms with Crippen LogP contribution in [0.5, 0.6) is 0 Å². The van der Waals surface area contributed by atoms with Crippen LogP contribution in [0.3, 0.4) is 0 Å². The average molecular weight is 1030 g/mol. The number of esters is 4. The Morgan fingerprint density at radius 1 is 0.747 bits per heavy atom. The van der Waals surface area contributed by atoms with Gasteiger partial charge in [-0.15, -0.1) is 0 Å². The third-order valence-electron chi connectivity index (χ3n) is 15.3. The Bertz CT molecular complexity index is 2880. The lowest BCUT2D eigenvalue weighted by Gasteiger charge is -2.67. The minimum atomic E-state index is -2.48. The first-order valence-electron chi connectivity index (χ1n) is 24.5. The number of fused-ring (bicyclic) bond motifs is 5. The second-order valence-electron chi connectivity index (χ2n) is 20.1. The van der Waals surface area contributed by atoms with Crippen molar-refractivity contribution in [2.45, 2.75) is 101 Å². The third kappa shape index (κ3) is 10.1. The molecule has 2 bridgehead atoms. The number of ether oxygens (including phenoxy) is 5. The van der Waals surface area contributed by atoms with Crippen LogP contribution in [0.15, 0.2) is 132 Å². The number of amides is 3. The van der Waals surface area contributed by atoms with E-state index in [1.54, 1.807) is 97.1 Å². The lowest BCUT2D eigenvalue weighted by Crippen LogP contribution is -2.81. The van der Waals surface area contributed by atoms with E-state index in [1.807, 2.05) is 0 Å². The zero-order valence-electron chi connectivity index (χ0n) is 41.9. The lowest BCUT2D eigenvalue weighted by atomic mass is 9.44. The molecule has 19 heteroatoms. The quantitative estimate of drug-likeness (QED) is 0.0566. The second-order valence-corrected chi connectivity index (χ2v) is 20.1. The maximum absolute atomic E-state index is 15.3. The lowest BCUT2D eigenvalue weighted by molar-refractivity contribution is -0.346. The highest BCUT2D eigenvalue weighted by Gasteiger charge is 2.78. The fraction of sp³-hybridized carbons (Fsp3) is 0.393. The van der Waals surface area contributed by atoms with Gasteiger partial charge >= 0.3 is 23.9 Å². The van der Waals surface area contributed by atoms with Crippen LogP contribution in [0.2, 0.25) is 0 Å². The van der Waals surface area contributed by atoms with E-state index in [2.05, 4.69) is 16.0 Å². The normalized spacial score (nSPS) is 28.1. The Balaban J connectivity index is 1.19. The number of hydrogen-bond donors (Lipinski definition) is 6. The molecule has 11 atom stereocenters. The molecule has 3 aliphatic carbocycles. The summed E-state index contributed by atoms with van der Waals surface area (Å²) in [7, 11) is 0. The van der Waals surface area contributed by atoms with Crippen LogP contribution in [0.4, 0.5) is 0 Å². The fourth-order valence-corrected chi connectivity index (χ4v) is 11.3. The summed E-state index contributed by atoms with van der Waals surface area (Å²) in [5.74, 6) is -8.92. The summed E-state index contributed by atoms with van der Waals surface area (Å²) in [5, 5.41) is 45.9. The van der Waals surface area contributed by atoms with E-state index in [4.69, 9.17) is 23.7 Å². The van der Waals surface area contributed by atoms with Crippen LogP contribution in [-0.4, -0.2) is 130 Å². The molecule has 3 fully saturated rings. The van der Waals surface area contributed by atoms with E-state index in [1.165, 1.54) is 52.0 Å². The number of benzene rings is 4. The van der Waals surface area contributed by atoms with Gasteiger partial charge in [0.2, 0.25) is 12.0 Å². The smallest absolute Gasteiger partial charge is 0.350 e. The van der Waals surface area contributed by atoms with E-state index >= 15 is 9.59 Å². The summed E-state index contributed by atoms with van der Waals surface area (Å²) in [5.41, 5.74) is -7.49. The topological polar surface area (TPSA) is 279 Å². The average Bonchev–Trinajstić information content (AvgIpc) is 3.43. The van der Waals surface area contributed by atoms with Crippen molar-refractivity contribution in [1.29, 1.82) is 0 Å². The Kier molecular flexibility index (Phi) is 15.3. The standard InChI is InChI=1S/C56H59N3O16/c1-31-37(27-56(70)48(74-51(68)36-24-16-9-17-25-36)46-54(5,47(65)44(64)42(31)53(56,3)4)38(61)26-39-55(46,30-71-39)75-32(2)60)72-52(69)45(43(33-18-10-6-11-19-33)59-50(67)35-22-14-8-15-23-35)73-41(63)29-57-40(62)28-58-49(66)34-20-12-7-13-21-34/h6-25,37-39,43-46,48,61,64,70H,26-30H2,1-5H3,(H,57,62)(H,58,66)(H,59,67)/t37-,38-,39+,43-,44+,45+,46?,48-,54+,55-,56+/m0/s1. The molecule has 4 aromatic carbocycles.